The number of carboxylic acid groups (broad SMARTS) is 2. The summed E-state index contributed by atoms with van der Waals surface area (Å²) in [6.45, 7) is -0.137. The van der Waals surface area contributed by atoms with Crippen molar-refractivity contribution in [1.82, 2.24) is 0 Å². The molecule has 1 rings (SSSR count). The molecule has 0 fully saturated rings. The Hall–Kier alpha value is -2.08. The number of ether oxygens (including phenoxy) is 4. The van der Waals surface area contributed by atoms with Gasteiger partial charge < -0.3 is 39.4 Å². The number of benzene rings is 1. The van der Waals surface area contributed by atoms with Crippen LogP contribution < -0.4 is 0 Å². The van der Waals surface area contributed by atoms with Gasteiger partial charge in [-0.3, -0.25) is 0 Å². The first kappa shape index (κ1) is 26.0. The minimum Gasteiger partial charge on any atom is -0.478 e. The van der Waals surface area contributed by atoms with Gasteiger partial charge in [0.05, 0.1) is 11.1 Å². The van der Waals surface area contributed by atoms with Crippen LogP contribution in [-0.2, 0) is 31.8 Å². The summed E-state index contributed by atoms with van der Waals surface area (Å²) in [7, 11) is 0. The second-order valence-electron chi connectivity index (χ2n) is 6.37. The van der Waals surface area contributed by atoms with E-state index in [1.54, 1.807) is 6.07 Å². The van der Waals surface area contributed by atoms with Gasteiger partial charge in [0.2, 0.25) is 0 Å². The van der Waals surface area contributed by atoms with E-state index in [0.717, 1.165) is 0 Å². The van der Waals surface area contributed by atoms with Crippen molar-refractivity contribution in [2.75, 3.05) is 40.4 Å². The van der Waals surface area contributed by atoms with Gasteiger partial charge in [-0.25, -0.2) is 9.59 Å². The van der Waals surface area contributed by atoms with Crippen LogP contribution in [0.4, 0.5) is 0 Å². The number of aryl methyl sites for hydroxylation is 1. The first-order chi connectivity index (χ1) is 14.5. The third kappa shape index (κ3) is 9.61. The molecule has 0 aliphatic heterocycles. The largest absolute Gasteiger partial charge is 0.478 e. The molecular formula is C20H30O10. The molecule has 0 unspecified atom stereocenters. The third-order valence-corrected chi connectivity index (χ3v) is 4.31. The average Bonchev–Trinajstić information content (AvgIpc) is 2.71. The van der Waals surface area contributed by atoms with E-state index in [4.69, 9.17) is 19.7 Å². The monoisotopic (exact) mass is 430 g/mol. The van der Waals surface area contributed by atoms with Crippen molar-refractivity contribution in [2.24, 2.45) is 0 Å². The van der Waals surface area contributed by atoms with E-state index in [1.165, 1.54) is 6.07 Å². The smallest absolute Gasteiger partial charge is 0.336 e. The van der Waals surface area contributed by atoms with Gasteiger partial charge in [-0.2, -0.15) is 0 Å². The molecule has 0 radical (unpaired) electrons. The fraction of sp³-hybridized carbons (Fsp3) is 0.600. The number of aliphatic hydroxyl groups is 2. The van der Waals surface area contributed by atoms with Gasteiger partial charge in [0, 0.05) is 13.2 Å². The number of unbranched alkanes of at least 4 members (excludes halogenated alkanes) is 2. The van der Waals surface area contributed by atoms with Crippen molar-refractivity contribution in [1.29, 1.82) is 0 Å². The average molecular weight is 430 g/mol. The summed E-state index contributed by atoms with van der Waals surface area (Å²) in [5.41, 5.74) is 0.933. The molecule has 0 heterocycles. The zero-order chi connectivity index (χ0) is 22.2. The summed E-state index contributed by atoms with van der Waals surface area (Å²) in [5.74, 6) is -2.31. The molecule has 0 saturated carbocycles. The van der Waals surface area contributed by atoms with E-state index in [-0.39, 0.29) is 24.7 Å². The molecule has 0 atom stereocenters. The highest BCUT2D eigenvalue weighted by atomic mass is 16.7. The van der Waals surface area contributed by atoms with E-state index < -0.39 is 25.5 Å². The van der Waals surface area contributed by atoms with Crippen LogP contribution in [-0.4, -0.2) is 72.8 Å². The van der Waals surface area contributed by atoms with Crippen molar-refractivity contribution in [3.8, 4) is 0 Å². The molecule has 1 aromatic rings. The molecule has 10 nitrogen and oxygen atoms in total. The lowest BCUT2D eigenvalue weighted by Gasteiger charge is -2.15. The topological polar surface area (TPSA) is 152 Å². The number of carboxylic acids is 2. The van der Waals surface area contributed by atoms with Crippen molar-refractivity contribution < 1.29 is 49.0 Å². The summed E-state index contributed by atoms with van der Waals surface area (Å²) in [6, 6.07) is 3.01. The van der Waals surface area contributed by atoms with Gasteiger partial charge in [-0.15, -0.1) is 0 Å². The van der Waals surface area contributed by atoms with Crippen LogP contribution in [0.3, 0.4) is 0 Å². The Labute approximate surface area is 174 Å². The predicted octanol–water partition coefficient (Wildman–Crippen LogP) is 1.61. The Balaban J connectivity index is 2.74. The van der Waals surface area contributed by atoms with Crippen LogP contribution in [0.2, 0.25) is 0 Å². The van der Waals surface area contributed by atoms with Crippen molar-refractivity contribution in [3.63, 3.8) is 0 Å². The molecule has 0 aliphatic carbocycles. The summed E-state index contributed by atoms with van der Waals surface area (Å²) < 4.78 is 19.6. The number of hydrogen-bond acceptors (Lipinski definition) is 8. The predicted molar refractivity (Wildman–Crippen MR) is 104 cm³/mol. The zero-order valence-corrected chi connectivity index (χ0v) is 16.9. The Morgan fingerprint density at radius 1 is 0.733 bits per heavy atom. The molecule has 0 amide bonds. The second-order valence-corrected chi connectivity index (χ2v) is 6.37. The summed E-state index contributed by atoms with van der Waals surface area (Å²) in [5, 5.41) is 36.2. The van der Waals surface area contributed by atoms with Crippen LogP contribution in [0.15, 0.2) is 12.1 Å². The van der Waals surface area contributed by atoms with Gasteiger partial charge in [-0.1, -0.05) is 6.07 Å². The fourth-order valence-electron chi connectivity index (χ4n) is 2.97. The Bertz CT molecular complexity index is 647. The maximum Gasteiger partial charge on any atom is 0.336 e. The number of aromatic carboxylic acids is 2. The van der Waals surface area contributed by atoms with Crippen LogP contribution >= 0.6 is 0 Å². The molecular weight excluding hydrogens is 400 g/mol. The normalized spacial score (nSPS) is 11.0. The van der Waals surface area contributed by atoms with Gasteiger partial charge >= 0.3 is 11.9 Å². The quantitative estimate of drug-likeness (QED) is 0.200. The van der Waals surface area contributed by atoms with Gasteiger partial charge in [0.15, 0.2) is 0 Å². The molecule has 170 valence electrons. The van der Waals surface area contributed by atoms with Crippen LogP contribution in [0.1, 0.15) is 57.5 Å². The molecule has 10 heteroatoms. The lowest BCUT2D eigenvalue weighted by molar-refractivity contribution is -0.108. The number of aliphatic hydroxyl groups excluding tert-OH is 2. The highest BCUT2D eigenvalue weighted by molar-refractivity contribution is 5.97. The van der Waals surface area contributed by atoms with E-state index in [0.29, 0.717) is 62.9 Å². The minimum absolute atomic E-state index is 0.00910. The number of rotatable bonds is 18. The Morgan fingerprint density at radius 2 is 1.30 bits per heavy atom. The molecule has 4 N–H and O–H groups in total. The summed E-state index contributed by atoms with van der Waals surface area (Å²) >= 11 is 0. The van der Waals surface area contributed by atoms with Crippen LogP contribution in [0, 0.1) is 0 Å². The fourth-order valence-corrected chi connectivity index (χ4v) is 2.97. The lowest BCUT2D eigenvalue weighted by atomic mass is 9.90. The van der Waals surface area contributed by atoms with Crippen molar-refractivity contribution in [3.05, 3.63) is 34.4 Å². The summed E-state index contributed by atoms with van der Waals surface area (Å²) in [6.07, 6.45) is 3.22. The van der Waals surface area contributed by atoms with Gasteiger partial charge in [0.25, 0.3) is 0 Å². The SMILES string of the molecule is O=C(O)c1ccc(CCCCOCOCO)c(C(=O)O)c1CCCCOCOCO. The number of hydrogen-bond donors (Lipinski definition) is 4. The molecule has 30 heavy (non-hydrogen) atoms. The zero-order valence-electron chi connectivity index (χ0n) is 16.9. The standard InChI is InChI=1S/C20H30O10/c21-11-29-13-27-9-3-1-5-15-7-8-17(19(23)24)16(18(15)20(25)26)6-2-4-10-28-14-30-12-22/h7-8,21-22H,1-6,9-14H2,(H,23,24)(H,25,26). The summed E-state index contributed by atoms with van der Waals surface area (Å²) in [4.78, 5) is 23.5. The third-order valence-electron chi connectivity index (χ3n) is 4.31. The molecule has 1 aromatic carbocycles. The molecule has 0 aliphatic rings. The minimum atomic E-state index is -1.16. The van der Waals surface area contributed by atoms with Crippen molar-refractivity contribution >= 4 is 11.9 Å². The first-order valence-electron chi connectivity index (χ1n) is 9.67. The highest BCUT2D eigenvalue weighted by Gasteiger charge is 2.21. The molecule has 0 bridgehead atoms. The van der Waals surface area contributed by atoms with E-state index in [9.17, 15) is 19.8 Å². The Morgan fingerprint density at radius 3 is 1.80 bits per heavy atom. The molecule has 0 saturated heterocycles. The van der Waals surface area contributed by atoms with Gasteiger partial charge in [-0.05, 0) is 55.7 Å². The van der Waals surface area contributed by atoms with E-state index in [1.807, 2.05) is 0 Å². The maximum absolute atomic E-state index is 11.9. The van der Waals surface area contributed by atoms with Gasteiger partial charge in [0.1, 0.15) is 27.2 Å². The van der Waals surface area contributed by atoms with Crippen LogP contribution in [0.25, 0.3) is 0 Å². The highest BCUT2D eigenvalue weighted by Crippen LogP contribution is 2.24. The first-order valence-corrected chi connectivity index (χ1v) is 9.67. The van der Waals surface area contributed by atoms with E-state index >= 15 is 0 Å². The lowest BCUT2D eigenvalue weighted by Crippen LogP contribution is -2.14. The molecule has 0 aromatic heterocycles. The van der Waals surface area contributed by atoms with Crippen LogP contribution in [0.5, 0.6) is 0 Å². The number of carbonyl (C=O) groups is 2. The second kappa shape index (κ2) is 15.7. The Kier molecular flexibility index (Phi) is 13.6. The maximum atomic E-state index is 11.9. The van der Waals surface area contributed by atoms with Crippen molar-refractivity contribution in [2.45, 2.75) is 38.5 Å². The van der Waals surface area contributed by atoms with E-state index in [2.05, 4.69) is 9.47 Å². The molecule has 0 spiro atoms.